The Hall–Kier alpha value is -2.79. The second-order valence-corrected chi connectivity index (χ2v) is 7.45. The lowest BCUT2D eigenvalue weighted by Crippen LogP contribution is -2.25. The minimum atomic E-state index is -0.255. The number of benzene rings is 3. The van der Waals surface area contributed by atoms with Crippen LogP contribution >= 0.6 is 15.9 Å². The van der Waals surface area contributed by atoms with Crippen LogP contribution in [-0.2, 0) is 6.54 Å². The normalized spacial score (nSPS) is 15.8. The van der Waals surface area contributed by atoms with E-state index in [0.717, 1.165) is 39.4 Å². The molecule has 0 bridgehead atoms. The largest absolute Gasteiger partial charge is 0.485 e. The molecule has 4 aromatic rings. The molecule has 0 aliphatic carbocycles. The summed E-state index contributed by atoms with van der Waals surface area (Å²) in [5.41, 5.74) is 3.24. The maximum absolute atomic E-state index is 6.24. The van der Waals surface area contributed by atoms with Gasteiger partial charge < -0.3 is 14.0 Å². The smallest absolute Gasteiger partial charge is 0.190 e. The third-order valence-electron chi connectivity index (χ3n) is 4.72. The Morgan fingerprint density at radius 2 is 1.74 bits per heavy atom. The molecule has 3 aromatic carbocycles. The topological polar surface area (TPSA) is 36.3 Å². The van der Waals surface area contributed by atoms with Crippen molar-refractivity contribution in [2.45, 2.75) is 12.6 Å². The first kappa shape index (κ1) is 16.4. The molecule has 1 atom stereocenters. The minimum absolute atomic E-state index is 0.255. The molecule has 0 fully saturated rings. The number of hydrogen-bond donors (Lipinski definition) is 0. The van der Waals surface area contributed by atoms with Gasteiger partial charge >= 0.3 is 0 Å². The van der Waals surface area contributed by atoms with Crippen LogP contribution < -0.4 is 9.47 Å². The van der Waals surface area contributed by atoms with E-state index in [1.807, 2.05) is 42.5 Å². The number of ether oxygens (including phenoxy) is 2. The van der Waals surface area contributed by atoms with Crippen molar-refractivity contribution >= 4 is 27.0 Å². The highest BCUT2D eigenvalue weighted by Crippen LogP contribution is 2.36. The number of aromatic nitrogens is 2. The molecule has 1 aliphatic rings. The first-order chi connectivity index (χ1) is 13.3. The van der Waals surface area contributed by atoms with E-state index in [-0.39, 0.29) is 6.10 Å². The molecule has 1 aromatic heterocycles. The summed E-state index contributed by atoms with van der Waals surface area (Å²) in [7, 11) is 0. The average Bonchev–Trinajstić information content (AvgIpc) is 3.06. The molecule has 0 amide bonds. The van der Waals surface area contributed by atoms with E-state index in [4.69, 9.17) is 14.5 Å². The van der Waals surface area contributed by atoms with E-state index in [9.17, 15) is 0 Å². The Morgan fingerprint density at radius 1 is 0.963 bits per heavy atom. The van der Waals surface area contributed by atoms with Gasteiger partial charge in [-0.05, 0) is 35.9 Å². The molecule has 2 heterocycles. The average molecular weight is 421 g/mol. The van der Waals surface area contributed by atoms with Gasteiger partial charge in [-0.25, -0.2) is 4.98 Å². The summed E-state index contributed by atoms with van der Waals surface area (Å²) in [6, 6.07) is 24.3. The maximum atomic E-state index is 6.24. The molecule has 0 spiro atoms. The van der Waals surface area contributed by atoms with E-state index in [2.05, 4.69) is 50.8 Å². The van der Waals surface area contributed by atoms with Crippen LogP contribution in [0.5, 0.6) is 11.5 Å². The number of rotatable bonds is 3. The molecule has 1 unspecified atom stereocenters. The van der Waals surface area contributed by atoms with Crippen LogP contribution in [0.3, 0.4) is 0 Å². The maximum Gasteiger partial charge on any atom is 0.190 e. The summed E-state index contributed by atoms with van der Waals surface area (Å²) in [6.45, 7) is 1.17. The Labute approximate surface area is 165 Å². The van der Waals surface area contributed by atoms with E-state index in [0.29, 0.717) is 6.61 Å². The van der Waals surface area contributed by atoms with Gasteiger partial charge in [0.15, 0.2) is 23.4 Å². The quantitative estimate of drug-likeness (QED) is 0.447. The van der Waals surface area contributed by atoms with Gasteiger partial charge in [-0.1, -0.05) is 58.4 Å². The molecule has 5 rings (SSSR count). The predicted molar refractivity (Wildman–Crippen MR) is 108 cm³/mol. The Bertz CT molecular complexity index is 1110. The number of halogens is 1. The van der Waals surface area contributed by atoms with Crippen LogP contribution in [0.1, 0.15) is 17.5 Å². The molecule has 134 valence electrons. The molecule has 0 radical (unpaired) electrons. The second-order valence-electron chi connectivity index (χ2n) is 6.54. The molecule has 0 saturated carbocycles. The molecular weight excluding hydrogens is 404 g/mol. The number of imidazole rings is 1. The monoisotopic (exact) mass is 420 g/mol. The van der Waals surface area contributed by atoms with Crippen molar-refractivity contribution < 1.29 is 9.47 Å². The summed E-state index contributed by atoms with van der Waals surface area (Å²) in [4.78, 5) is 4.88. The van der Waals surface area contributed by atoms with Crippen molar-refractivity contribution in [3.8, 4) is 11.5 Å². The standard InChI is InChI=1S/C22H17BrN2O2/c23-16-10-11-17-18(12-16)25(13-15-6-2-1-3-7-15)22(24-17)21-14-26-19-8-4-5-9-20(19)27-21/h1-12,21H,13-14H2. The van der Waals surface area contributed by atoms with Crippen molar-refractivity contribution in [3.63, 3.8) is 0 Å². The highest BCUT2D eigenvalue weighted by molar-refractivity contribution is 9.10. The van der Waals surface area contributed by atoms with Gasteiger partial charge in [0, 0.05) is 11.0 Å². The van der Waals surface area contributed by atoms with Crippen molar-refractivity contribution in [2.24, 2.45) is 0 Å². The van der Waals surface area contributed by atoms with Gasteiger partial charge in [0.05, 0.1) is 11.0 Å². The molecule has 1 aliphatic heterocycles. The first-order valence-electron chi connectivity index (χ1n) is 8.86. The fourth-order valence-electron chi connectivity index (χ4n) is 3.44. The fourth-order valence-corrected chi connectivity index (χ4v) is 3.79. The highest BCUT2D eigenvalue weighted by atomic mass is 79.9. The van der Waals surface area contributed by atoms with Crippen LogP contribution in [0.25, 0.3) is 11.0 Å². The van der Waals surface area contributed by atoms with Crippen molar-refractivity contribution in [2.75, 3.05) is 6.61 Å². The molecular formula is C22H17BrN2O2. The van der Waals surface area contributed by atoms with Crippen molar-refractivity contribution in [1.29, 1.82) is 0 Å². The summed E-state index contributed by atoms with van der Waals surface area (Å²) in [6.07, 6.45) is -0.255. The van der Waals surface area contributed by atoms with Crippen molar-refractivity contribution in [1.82, 2.24) is 9.55 Å². The first-order valence-corrected chi connectivity index (χ1v) is 9.65. The Kier molecular flexibility index (Phi) is 4.09. The minimum Gasteiger partial charge on any atom is -0.485 e. The summed E-state index contributed by atoms with van der Waals surface area (Å²) < 4.78 is 15.4. The Balaban J connectivity index is 1.60. The SMILES string of the molecule is Brc1ccc2nc(C3COc4ccccc4O3)n(Cc3ccccc3)c2c1. The van der Waals surface area contributed by atoms with Crippen molar-refractivity contribution in [3.05, 3.63) is 88.7 Å². The van der Waals surface area contributed by atoms with E-state index >= 15 is 0 Å². The second kappa shape index (κ2) is 6.74. The lowest BCUT2D eigenvalue weighted by atomic mass is 10.2. The third kappa shape index (κ3) is 3.08. The van der Waals surface area contributed by atoms with Gasteiger partial charge in [0.1, 0.15) is 6.61 Å². The molecule has 0 saturated heterocycles. The summed E-state index contributed by atoms with van der Waals surface area (Å²) in [5, 5.41) is 0. The Morgan fingerprint density at radius 3 is 2.59 bits per heavy atom. The zero-order chi connectivity index (χ0) is 18.2. The van der Waals surface area contributed by atoms with Gasteiger partial charge in [-0.2, -0.15) is 0 Å². The van der Waals surface area contributed by atoms with Gasteiger partial charge in [0.2, 0.25) is 0 Å². The van der Waals surface area contributed by atoms with Crippen LogP contribution in [-0.4, -0.2) is 16.2 Å². The van der Waals surface area contributed by atoms with Crippen LogP contribution in [0.15, 0.2) is 77.3 Å². The van der Waals surface area contributed by atoms with E-state index < -0.39 is 0 Å². The zero-order valence-corrected chi connectivity index (χ0v) is 16.1. The number of fused-ring (bicyclic) bond motifs is 2. The summed E-state index contributed by atoms with van der Waals surface area (Å²) in [5.74, 6) is 2.41. The fraction of sp³-hybridized carbons (Fsp3) is 0.136. The highest BCUT2D eigenvalue weighted by Gasteiger charge is 2.27. The van der Waals surface area contributed by atoms with Crippen LogP contribution in [0.4, 0.5) is 0 Å². The van der Waals surface area contributed by atoms with Crippen LogP contribution in [0.2, 0.25) is 0 Å². The number of hydrogen-bond acceptors (Lipinski definition) is 3. The van der Waals surface area contributed by atoms with E-state index in [1.165, 1.54) is 5.56 Å². The zero-order valence-electron chi connectivity index (χ0n) is 14.5. The van der Waals surface area contributed by atoms with Crippen LogP contribution in [0, 0.1) is 0 Å². The lowest BCUT2D eigenvalue weighted by Gasteiger charge is -2.26. The molecule has 4 nitrogen and oxygen atoms in total. The lowest BCUT2D eigenvalue weighted by molar-refractivity contribution is 0.0831. The molecule has 5 heteroatoms. The number of para-hydroxylation sites is 2. The van der Waals surface area contributed by atoms with Gasteiger partial charge in [-0.3, -0.25) is 0 Å². The predicted octanol–water partition coefficient (Wildman–Crippen LogP) is 5.36. The molecule has 27 heavy (non-hydrogen) atoms. The number of nitrogens with zero attached hydrogens (tertiary/aromatic N) is 2. The third-order valence-corrected chi connectivity index (χ3v) is 5.21. The van der Waals surface area contributed by atoms with E-state index in [1.54, 1.807) is 0 Å². The van der Waals surface area contributed by atoms with Gasteiger partial charge in [0.25, 0.3) is 0 Å². The summed E-state index contributed by atoms with van der Waals surface area (Å²) >= 11 is 3.58. The molecule has 0 N–H and O–H groups in total. The van der Waals surface area contributed by atoms with Gasteiger partial charge in [-0.15, -0.1) is 0 Å².